The van der Waals surface area contributed by atoms with Gasteiger partial charge >= 0.3 is 0 Å². The second-order valence-corrected chi connectivity index (χ2v) is 5.44. The maximum absolute atomic E-state index is 10.4. The summed E-state index contributed by atoms with van der Waals surface area (Å²) in [5, 5.41) is 15.2. The first-order chi connectivity index (χ1) is 8.61. The molecule has 96 valence electrons. The van der Waals surface area contributed by atoms with Gasteiger partial charge in [-0.25, -0.2) is 0 Å². The van der Waals surface area contributed by atoms with E-state index in [1.165, 1.54) is 0 Å². The molecule has 0 radical (unpaired) electrons. The van der Waals surface area contributed by atoms with Crippen LogP contribution in [0.25, 0.3) is 0 Å². The Hall–Kier alpha value is -0.840. The first kappa shape index (κ1) is 13.6. The standard InChI is InChI=1S/C13H14BrClN2O/c1-2-5-17-12(3-4-16-17)13(18)9-6-10(14)8-11(15)7-9/h3-4,6-8,13,18H,2,5H2,1H3. The second-order valence-electron chi connectivity index (χ2n) is 4.08. The van der Waals surface area contributed by atoms with Gasteiger partial charge in [-0.1, -0.05) is 34.5 Å². The summed E-state index contributed by atoms with van der Waals surface area (Å²) in [5.74, 6) is 0. The lowest BCUT2D eigenvalue weighted by Gasteiger charge is -2.14. The maximum atomic E-state index is 10.4. The molecule has 5 heteroatoms. The van der Waals surface area contributed by atoms with Crippen molar-refractivity contribution in [3.63, 3.8) is 0 Å². The van der Waals surface area contributed by atoms with Gasteiger partial charge in [0.2, 0.25) is 0 Å². The van der Waals surface area contributed by atoms with E-state index >= 15 is 0 Å². The largest absolute Gasteiger partial charge is 0.382 e. The van der Waals surface area contributed by atoms with Crippen molar-refractivity contribution in [3.05, 3.63) is 51.2 Å². The van der Waals surface area contributed by atoms with Crippen molar-refractivity contribution in [1.29, 1.82) is 0 Å². The number of rotatable bonds is 4. The Bertz CT molecular complexity index is 521. The highest BCUT2D eigenvalue weighted by molar-refractivity contribution is 9.10. The molecule has 2 aromatic rings. The molecule has 0 aliphatic carbocycles. The number of aromatic nitrogens is 2. The van der Waals surface area contributed by atoms with Crippen molar-refractivity contribution in [1.82, 2.24) is 9.78 Å². The third-order valence-electron chi connectivity index (χ3n) is 2.67. The third kappa shape index (κ3) is 2.94. The van der Waals surface area contributed by atoms with Gasteiger partial charge in [0.1, 0.15) is 6.10 Å². The van der Waals surface area contributed by atoms with Gasteiger partial charge < -0.3 is 5.11 Å². The monoisotopic (exact) mass is 328 g/mol. The van der Waals surface area contributed by atoms with E-state index in [2.05, 4.69) is 28.0 Å². The molecule has 1 unspecified atom stereocenters. The van der Waals surface area contributed by atoms with E-state index in [4.69, 9.17) is 11.6 Å². The van der Waals surface area contributed by atoms with E-state index in [0.29, 0.717) is 5.02 Å². The molecular weight excluding hydrogens is 316 g/mol. The summed E-state index contributed by atoms with van der Waals surface area (Å²) in [4.78, 5) is 0. The molecule has 1 N–H and O–H groups in total. The van der Waals surface area contributed by atoms with Crippen LogP contribution in [0, 0.1) is 0 Å². The smallest absolute Gasteiger partial charge is 0.121 e. The van der Waals surface area contributed by atoms with Gasteiger partial charge in [0.05, 0.1) is 5.69 Å². The lowest BCUT2D eigenvalue weighted by atomic mass is 10.1. The van der Waals surface area contributed by atoms with Crippen molar-refractivity contribution >= 4 is 27.5 Å². The molecule has 1 aromatic heterocycles. The first-order valence-electron chi connectivity index (χ1n) is 5.77. The quantitative estimate of drug-likeness (QED) is 0.926. The minimum absolute atomic E-state index is 0.597. The van der Waals surface area contributed by atoms with E-state index in [9.17, 15) is 5.11 Å². The van der Waals surface area contributed by atoms with Gasteiger partial charge in [-0.3, -0.25) is 4.68 Å². The van der Waals surface area contributed by atoms with Gasteiger partial charge in [0.15, 0.2) is 0 Å². The molecule has 0 amide bonds. The Morgan fingerprint density at radius 1 is 1.44 bits per heavy atom. The van der Waals surface area contributed by atoms with Crippen LogP contribution in [0.5, 0.6) is 0 Å². The summed E-state index contributed by atoms with van der Waals surface area (Å²) in [7, 11) is 0. The normalized spacial score (nSPS) is 12.7. The Morgan fingerprint density at radius 2 is 2.22 bits per heavy atom. The SMILES string of the molecule is CCCn1nccc1C(O)c1cc(Cl)cc(Br)c1. The van der Waals surface area contributed by atoms with E-state index < -0.39 is 6.10 Å². The Labute approximate surface area is 120 Å². The highest BCUT2D eigenvalue weighted by atomic mass is 79.9. The average molecular weight is 330 g/mol. The fraction of sp³-hybridized carbons (Fsp3) is 0.308. The van der Waals surface area contributed by atoms with Crippen LogP contribution < -0.4 is 0 Å². The highest BCUT2D eigenvalue weighted by Gasteiger charge is 2.16. The van der Waals surface area contributed by atoms with E-state index in [1.807, 2.05) is 16.8 Å². The van der Waals surface area contributed by atoms with Crippen molar-refractivity contribution in [3.8, 4) is 0 Å². The summed E-state index contributed by atoms with van der Waals surface area (Å²) in [6.45, 7) is 2.87. The van der Waals surface area contributed by atoms with Crippen LogP contribution in [0.3, 0.4) is 0 Å². The maximum Gasteiger partial charge on any atom is 0.121 e. The summed E-state index contributed by atoms with van der Waals surface area (Å²) >= 11 is 9.37. The van der Waals surface area contributed by atoms with Gasteiger partial charge in [-0.2, -0.15) is 5.10 Å². The number of halogens is 2. The molecule has 0 saturated carbocycles. The van der Waals surface area contributed by atoms with E-state index in [1.54, 1.807) is 18.3 Å². The Morgan fingerprint density at radius 3 is 2.89 bits per heavy atom. The van der Waals surface area contributed by atoms with Crippen LogP contribution in [0.2, 0.25) is 5.02 Å². The van der Waals surface area contributed by atoms with Crippen LogP contribution >= 0.6 is 27.5 Å². The Kier molecular flexibility index (Phi) is 4.43. The first-order valence-corrected chi connectivity index (χ1v) is 6.94. The molecular formula is C13H14BrClN2O. The highest BCUT2D eigenvalue weighted by Crippen LogP contribution is 2.27. The van der Waals surface area contributed by atoms with Gasteiger partial charge in [-0.15, -0.1) is 0 Å². The van der Waals surface area contributed by atoms with Crippen molar-refractivity contribution in [2.45, 2.75) is 26.0 Å². The minimum Gasteiger partial charge on any atom is -0.382 e. The number of aliphatic hydroxyl groups is 1. The van der Waals surface area contributed by atoms with E-state index in [0.717, 1.165) is 28.7 Å². The molecule has 2 rings (SSSR count). The second kappa shape index (κ2) is 5.87. The number of aryl methyl sites for hydroxylation is 1. The average Bonchev–Trinajstić information content (AvgIpc) is 2.75. The topological polar surface area (TPSA) is 38.0 Å². The zero-order chi connectivity index (χ0) is 13.1. The fourth-order valence-electron chi connectivity index (χ4n) is 1.88. The molecule has 0 aliphatic rings. The lowest BCUT2D eigenvalue weighted by Crippen LogP contribution is -2.10. The van der Waals surface area contributed by atoms with Crippen LogP contribution in [-0.4, -0.2) is 14.9 Å². The summed E-state index contributed by atoms with van der Waals surface area (Å²) in [6, 6.07) is 7.25. The molecule has 0 fully saturated rings. The number of benzene rings is 1. The van der Waals surface area contributed by atoms with Crippen LogP contribution in [0.1, 0.15) is 30.7 Å². The van der Waals surface area contributed by atoms with Crippen LogP contribution in [0.4, 0.5) is 0 Å². The van der Waals surface area contributed by atoms with Crippen molar-refractivity contribution in [2.24, 2.45) is 0 Å². The van der Waals surface area contributed by atoms with Gasteiger partial charge in [0.25, 0.3) is 0 Å². The number of aliphatic hydroxyl groups excluding tert-OH is 1. The zero-order valence-corrected chi connectivity index (χ0v) is 12.3. The molecule has 0 saturated heterocycles. The third-order valence-corrected chi connectivity index (χ3v) is 3.34. The zero-order valence-electron chi connectivity index (χ0n) is 9.98. The van der Waals surface area contributed by atoms with Gasteiger partial charge in [0, 0.05) is 22.2 Å². The predicted octanol–water partition coefficient (Wildman–Crippen LogP) is 3.79. The van der Waals surface area contributed by atoms with Crippen LogP contribution in [-0.2, 0) is 6.54 Å². The molecule has 18 heavy (non-hydrogen) atoms. The summed E-state index contributed by atoms with van der Waals surface area (Å²) in [5.41, 5.74) is 1.54. The molecule has 3 nitrogen and oxygen atoms in total. The van der Waals surface area contributed by atoms with E-state index in [-0.39, 0.29) is 0 Å². The molecule has 0 bridgehead atoms. The molecule has 1 heterocycles. The minimum atomic E-state index is -0.714. The number of hydrogen-bond donors (Lipinski definition) is 1. The number of hydrogen-bond acceptors (Lipinski definition) is 2. The molecule has 1 atom stereocenters. The van der Waals surface area contributed by atoms with Crippen molar-refractivity contribution in [2.75, 3.05) is 0 Å². The molecule has 0 spiro atoms. The van der Waals surface area contributed by atoms with Gasteiger partial charge in [-0.05, 0) is 36.2 Å². The summed E-state index contributed by atoms with van der Waals surface area (Å²) in [6.07, 6.45) is 1.96. The summed E-state index contributed by atoms with van der Waals surface area (Å²) < 4.78 is 2.67. The Balaban J connectivity index is 2.34. The molecule has 1 aromatic carbocycles. The molecule has 0 aliphatic heterocycles. The lowest BCUT2D eigenvalue weighted by molar-refractivity contribution is 0.207. The van der Waals surface area contributed by atoms with Crippen LogP contribution in [0.15, 0.2) is 34.9 Å². The predicted molar refractivity (Wildman–Crippen MR) is 75.7 cm³/mol. The number of nitrogens with zero attached hydrogens (tertiary/aromatic N) is 2. The van der Waals surface area contributed by atoms with Crippen molar-refractivity contribution < 1.29 is 5.11 Å². The fourth-order valence-corrected chi connectivity index (χ4v) is 2.76.